The summed E-state index contributed by atoms with van der Waals surface area (Å²) in [5, 5.41) is 0.685. The minimum Gasteiger partial charge on any atom is -0.497 e. The van der Waals surface area contributed by atoms with Gasteiger partial charge in [0.05, 0.1) is 25.1 Å². The highest BCUT2D eigenvalue weighted by molar-refractivity contribution is 7.22. The lowest BCUT2D eigenvalue weighted by Crippen LogP contribution is -2.24. The van der Waals surface area contributed by atoms with E-state index in [2.05, 4.69) is 49.4 Å². The Bertz CT molecular complexity index is 1760. The molecule has 0 aliphatic heterocycles. The molecule has 45 heavy (non-hydrogen) atoms. The van der Waals surface area contributed by atoms with Crippen molar-refractivity contribution in [2.45, 2.75) is 59.4 Å². The van der Waals surface area contributed by atoms with Crippen molar-refractivity contribution in [1.82, 2.24) is 9.47 Å². The van der Waals surface area contributed by atoms with Crippen molar-refractivity contribution in [2.75, 3.05) is 20.8 Å². The summed E-state index contributed by atoms with van der Waals surface area (Å²) in [7, 11) is 3.74. The normalized spacial score (nSPS) is 12.4. The van der Waals surface area contributed by atoms with Gasteiger partial charge in [0.25, 0.3) is 0 Å². The summed E-state index contributed by atoms with van der Waals surface area (Å²) in [6, 6.07) is 25.2. The monoisotopic (exact) mass is 626 g/mol. The highest BCUT2D eigenvalue weighted by Crippen LogP contribution is 2.40. The van der Waals surface area contributed by atoms with Crippen molar-refractivity contribution in [1.29, 1.82) is 0 Å². The summed E-state index contributed by atoms with van der Waals surface area (Å²) in [6.07, 6.45) is 3.47. The maximum absolute atomic E-state index is 15.0. The molecule has 0 bridgehead atoms. The van der Waals surface area contributed by atoms with Gasteiger partial charge in [0.1, 0.15) is 16.4 Å². The maximum atomic E-state index is 15.0. The molecular weight excluding hydrogens is 583 g/mol. The van der Waals surface area contributed by atoms with Gasteiger partial charge < -0.3 is 14.0 Å². The summed E-state index contributed by atoms with van der Waals surface area (Å²) in [4.78, 5) is 18.8. The number of thiophene rings is 1. The average Bonchev–Trinajstić information content (AvgIpc) is 3.41. The molecule has 0 aliphatic carbocycles. The number of hydrogen-bond acceptors (Lipinski definition) is 5. The van der Waals surface area contributed by atoms with Gasteiger partial charge in [-0.25, -0.2) is 4.39 Å². The molecule has 0 fully saturated rings. The average molecular weight is 627 g/mol. The summed E-state index contributed by atoms with van der Waals surface area (Å²) >= 11 is 1.59. The molecule has 0 aliphatic rings. The third kappa shape index (κ3) is 7.55. The predicted octanol–water partition coefficient (Wildman–Crippen LogP) is 9.07. The summed E-state index contributed by atoms with van der Waals surface area (Å²) in [6.45, 7) is 8.50. The smallest absolute Gasteiger partial charge is 0.196 e. The Morgan fingerprint density at radius 2 is 1.67 bits per heavy atom. The second kappa shape index (κ2) is 15.0. The first kappa shape index (κ1) is 32.6. The Kier molecular flexibility index (Phi) is 10.9. The second-order valence-electron chi connectivity index (χ2n) is 12.0. The lowest BCUT2D eigenvalue weighted by Gasteiger charge is -2.23. The van der Waals surface area contributed by atoms with E-state index in [4.69, 9.17) is 9.47 Å². The lowest BCUT2D eigenvalue weighted by atomic mass is 9.97. The van der Waals surface area contributed by atoms with Crippen molar-refractivity contribution in [3.63, 3.8) is 0 Å². The molecule has 236 valence electrons. The van der Waals surface area contributed by atoms with Gasteiger partial charge in [-0.2, -0.15) is 0 Å². The number of halogens is 1. The van der Waals surface area contributed by atoms with Crippen LogP contribution in [0.1, 0.15) is 62.0 Å². The van der Waals surface area contributed by atoms with E-state index in [0.717, 1.165) is 46.0 Å². The van der Waals surface area contributed by atoms with Crippen molar-refractivity contribution < 1.29 is 13.9 Å². The largest absolute Gasteiger partial charge is 0.497 e. The van der Waals surface area contributed by atoms with Crippen LogP contribution >= 0.6 is 11.3 Å². The van der Waals surface area contributed by atoms with Crippen molar-refractivity contribution >= 4 is 21.6 Å². The molecule has 2 aromatic heterocycles. The minimum absolute atomic E-state index is 0.0101. The van der Waals surface area contributed by atoms with Gasteiger partial charge in [-0.15, -0.1) is 11.3 Å². The van der Waals surface area contributed by atoms with E-state index in [1.54, 1.807) is 24.5 Å². The third-order valence-electron chi connectivity index (χ3n) is 8.11. The molecule has 5 nitrogen and oxygen atoms in total. The topological polar surface area (TPSA) is 43.7 Å². The SMILES string of the molecule is CCCCOC(c1cn(Cc2ccccc2F)c2sc(-c3ccc(OC)cc3)c(CN(C)Cc3ccccc3)c2c1=O)C(C)C. The number of methoxy groups -OCH3 is 1. The standard InChI is InChI=1S/C38H43FN2O3S/c1-6-7-21-44-36(26(2)3)32-25-41(23-29-15-11-12-16-33(29)39)38-34(35(32)42)31(24-40(4)22-27-13-9-8-10-14-27)37(45-38)28-17-19-30(43-5)20-18-28/h8-20,25-26,36H,6-7,21-24H2,1-5H3. The number of fused-ring (bicyclic) bond motifs is 1. The van der Waals surface area contributed by atoms with Crippen LogP contribution in [0.2, 0.25) is 0 Å². The molecule has 0 amide bonds. The third-order valence-corrected chi connectivity index (χ3v) is 9.43. The van der Waals surface area contributed by atoms with Gasteiger partial charge in [0, 0.05) is 41.9 Å². The molecule has 0 spiro atoms. The number of pyridine rings is 1. The highest BCUT2D eigenvalue weighted by Gasteiger charge is 2.27. The van der Waals surface area contributed by atoms with E-state index in [1.807, 2.05) is 60.8 Å². The summed E-state index contributed by atoms with van der Waals surface area (Å²) in [5.41, 5.74) is 4.37. The lowest BCUT2D eigenvalue weighted by molar-refractivity contribution is 0.0185. The van der Waals surface area contributed by atoms with Crippen LogP contribution in [-0.2, 0) is 24.4 Å². The van der Waals surface area contributed by atoms with Crippen LogP contribution in [0.3, 0.4) is 0 Å². The second-order valence-corrected chi connectivity index (χ2v) is 13.0. The van der Waals surface area contributed by atoms with Gasteiger partial charge >= 0.3 is 0 Å². The molecule has 0 N–H and O–H groups in total. The van der Waals surface area contributed by atoms with Gasteiger partial charge in [-0.05, 0) is 66.4 Å². The van der Waals surface area contributed by atoms with Gasteiger partial charge in [-0.3, -0.25) is 9.69 Å². The molecule has 0 saturated carbocycles. The fourth-order valence-corrected chi connectivity index (χ4v) is 7.08. The molecule has 5 rings (SSSR count). The number of unbranched alkanes of at least 4 members (excludes halogenated alkanes) is 1. The van der Waals surface area contributed by atoms with Crippen LogP contribution in [0.15, 0.2) is 89.9 Å². The first-order chi connectivity index (χ1) is 21.8. The van der Waals surface area contributed by atoms with Gasteiger partial charge in [0.15, 0.2) is 5.43 Å². The zero-order chi connectivity index (χ0) is 31.9. The zero-order valence-corrected chi connectivity index (χ0v) is 27.7. The molecule has 2 heterocycles. The highest BCUT2D eigenvalue weighted by atomic mass is 32.1. The van der Waals surface area contributed by atoms with E-state index < -0.39 is 0 Å². The van der Waals surface area contributed by atoms with Gasteiger partial charge in [0.2, 0.25) is 0 Å². The number of ether oxygens (including phenoxy) is 2. The quantitative estimate of drug-likeness (QED) is 0.115. The molecular formula is C38H43FN2O3S. The Hall–Kier alpha value is -3.78. The molecule has 5 aromatic rings. The first-order valence-corrected chi connectivity index (χ1v) is 16.5. The zero-order valence-electron chi connectivity index (χ0n) is 26.9. The number of rotatable bonds is 14. The van der Waals surface area contributed by atoms with E-state index in [1.165, 1.54) is 11.6 Å². The fraction of sp³-hybridized carbons (Fsp3) is 0.342. The van der Waals surface area contributed by atoms with Crippen LogP contribution in [0.4, 0.5) is 4.39 Å². The summed E-state index contributed by atoms with van der Waals surface area (Å²) < 4.78 is 28.9. The Morgan fingerprint density at radius 3 is 2.33 bits per heavy atom. The minimum atomic E-state index is -0.375. The maximum Gasteiger partial charge on any atom is 0.196 e. The van der Waals surface area contributed by atoms with Gasteiger partial charge in [-0.1, -0.05) is 75.7 Å². The van der Waals surface area contributed by atoms with E-state index in [-0.39, 0.29) is 23.3 Å². The van der Waals surface area contributed by atoms with Crippen LogP contribution in [-0.4, -0.2) is 30.2 Å². The first-order valence-electron chi connectivity index (χ1n) is 15.7. The Morgan fingerprint density at radius 1 is 0.956 bits per heavy atom. The molecule has 3 aromatic carbocycles. The fourth-order valence-electron chi connectivity index (χ4n) is 5.79. The van der Waals surface area contributed by atoms with Crippen molar-refractivity contribution in [3.8, 4) is 16.2 Å². The van der Waals surface area contributed by atoms with Crippen LogP contribution < -0.4 is 10.2 Å². The molecule has 0 saturated heterocycles. The Balaban J connectivity index is 1.74. The van der Waals surface area contributed by atoms with Crippen molar-refractivity contribution in [2.24, 2.45) is 5.92 Å². The number of benzene rings is 3. The molecule has 7 heteroatoms. The summed E-state index contributed by atoms with van der Waals surface area (Å²) in [5.74, 6) is 0.589. The number of hydrogen-bond donors (Lipinski definition) is 0. The van der Waals surface area contributed by atoms with E-state index >= 15 is 4.39 Å². The van der Waals surface area contributed by atoms with E-state index in [0.29, 0.717) is 36.2 Å². The van der Waals surface area contributed by atoms with Crippen molar-refractivity contribution in [3.05, 3.63) is 123 Å². The Labute approximate surface area is 269 Å². The van der Waals surface area contributed by atoms with E-state index in [9.17, 15) is 4.79 Å². The van der Waals surface area contributed by atoms with Crippen LogP contribution in [0, 0.1) is 11.7 Å². The predicted molar refractivity (Wildman–Crippen MR) is 184 cm³/mol. The molecule has 0 radical (unpaired) electrons. The van der Waals surface area contributed by atoms with Crippen LogP contribution in [0.5, 0.6) is 5.75 Å². The number of aromatic nitrogens is 1. The molecule has 1 atom stereocenters. The van der Waals surface area contributed by atoms with Crippen LogP contribution in [0.25, 0.3) is 20.7 Å². The molecule has 1 unspecified atom stereocenters. The number of nitrogens with zero attached hydrogens (tertiary/aromatic N) is 2.